The normalized spacial score (nSPS) is 16.3. The van der Waals surface area contributed by atoms with Crippen molar-refractivity contribution in [1.29, 1.82) is 0 Å². The fraction of sp³-hybridized carbons (Fsp3) is 0.310. The molecule has 5 rings (SSSR count). The number of ether oxygens (including phenoxy) is 1. The van der Waals surface area contributed by atoms with Crippen molar-refractivity contribution in [2.24, 2.45) is 0 Å². The number of hydrogen-bond acceptors (Lipinski definition) is 4. The van der Waals surface area contributed by atoms with Crippen molar-refractivity contribution in [3.05, 3.63) is 100 Å². The second kappa shape index (κ2) is 9.25. The molecule has 1 aliphatic heterocycles. The summed E-state index contributed by atoms with van der Waals surface area (Å²) < 4.78 is 44.6. The van der Waals surface area contributed by atoms with Gasteiger partial charge in [0.1, 0.15) is 0 Å². The monoisotopic (exact) mass is 508 g/mol. The van der Waals surface area contributed by atoms with Gasteiger partial charge >= 0.3 is 12.1 Å². The molecule has 1 spiro atoms. The molecule has 3 aromatic carbocycles. The Morgan fingerprint density at radius 2 is 1.76 bits per heavy atom. The van der Waals surface area contributed by atoms with Gasteiger partial charge < -0.3 is 15.0 Å². The number of esters is 1. The van der Waals surface area contributed by atoms with Gasteiger partial charge in [0.15, 0.2) is 0 Å². The van der Waals surface area contributed by atoms with E-state index >= 15 is 0 Å². The van der Waals surface area contributed by atoms with Gasteiger partial charge in [-0.1, -0.05) is 36.4 Å². The minimum absolute atomic E-state index is 0.0391. The molecule has 192 valence electrons. The van der Waals surface area contributed by atoms with E-state index in [9.17, 15) is 22.8 Å². The number of fused-ring (bicyclic) bond motifs is 2. The fourth-order valence-corrected chi connectivity index (χ4v) is 5.19. The van der Waals surface area contributed by atoms with Gasteiger partial charge in [0.2, 0.25) is 0 Å². The topological polar surface area (TPSA) is 58.6 Å². The Morgan fingerprint density at radius 3 is 2.41 bits per heavy atom. The van der Waals surface area contributed by atoms with Gasteiger partial charge in [0, 0.05) is 18.5 Å². The number of carbonyl (C=O) groups excluding carboxylic acids is 2. The van der Waals surface area contributed by atoms with Crippen molar-refractivity contribution in [3.8, 4) is 0 Å². The van der Waals surface area contributed by atoms with Crippen LogP contribution in [0.5, 0.6) is 0 Å². The molecule has 1 heterocycles. The van der Waals surface area contributed by atoms with Crippen LogP contribution in [0.3, 0.4) is 0 Å². The SMILES string of the molecule is COC(=O)c1ccc(C(C)NC(=O)c2cccc3c2N(Cc2cccc(C(F)(F)F)c2)CC32CC2)cc1. The van der Waals surface area contributed by atoms with E-state index in [0.717, 1.165) is 35.7 Å². The molecule has 5 nitrogen and oxygen atoms in total. The highest BCUT2D eigenvalue weighted by Gasteiger charge is 2.52. The first-order valence-electron chi connectivity index (χ1n) is 12.1. The molecule has 1 N–H and O–H groups in total. The molecular weight excluding hydrogens is 481 g/mol. The number of hydrogen-bond donors (Lipinski definition) is 1. The summed E-state index contributed by atoms with van der Waals surface area (Å²) in [5.74, 6) is -0.689. The molecule has 8 heteroatoms. The van der Waals surface area contributed by atoms with Gasteiger partial charge in [-0.3, -0.25) is 4.79 Å². The van der Waals surface area contributed by atoms with Gasteiger partial charge in [-0.05, 0) is 66.8 Å². The third-order valence-electron chi connectivity index (χ3n) is 7.32. The summed E-state index contributed by atoms with van der Waals surface area (Å²) in [5.41, 5.74) is 3.47. The number of alkyl halides is 3. The lowest BCUT2D eigenvalue weighted by molar-refractivity contribution is -0.137. The van der Waals surface area contributed by atoms with Gasteiger partial charge in [0.25, 0.3) is 5.91 Å². The molecule has 2 aliphatic rings. The minimum Gasteiger partial charge on any atom is -0.465 e. The second-order valence-corrected chi connectivity index (χ2v) is 9.85. The van der Waals surface area contributed by atoms with Gasteiger partial charge in [0.05, 0.1) is 35.5 Å². The van der Waals surface area contributed by atoms with Crippen molar-refractivity contribution < 1.29 is 27.5 Å². The number of para-hydroxylation sites is 1. The van der Waals surface area contributed by atoms with Gasteiger partial charge in [-0.15, -0.1) is 0 Å². The summed E-state index contributed by atoms with van der Waals surface area (Å²) in [7, 11) is 1.32. The number of benzene rings is 3. The molecule has 1 fully saturated rings. The molecule has 1 atom stereocenters. The quantitative estimate of drug-likeness (QED) is 0.413. The summed E-state index contributed by atoms with van der Waals surface area (Å²) in [5, 5.41) is 3.04. The van der Waals surface area contributed by atoms with E-state index in [2.05, 4.69) is 5.32 Å². The van der Waals surface area contributed by atoms with Gasteiger partial charge in [-0.25, -0.2) is 4.79 Å². The maximum Gasteiger partial charge on any atom is 0.416 e. The largest absolute Gasteiger partial charge is 0.465 e. The highest BCUT2D eigenvalue weighted by atomic mass is 19.4. The average Bonchev–Trinajstić information content (AvgIpc) is 3.60. The first-order chi connectivity index (χ1) is 17.6. The molecule has 1 aliphatic carbocycles. The van der Waals surface area contributed by atoms with Crippen molar-refractivity contribution in [2.75, 3.05) is 18.6 Å². The van der Waals surface area contributed by atoms with Crippen LogP contribution >= 0.6 is 0 Å². The van der Waals surface area contributed by atoms with Crippen LogP contribution in [0.15, 0.2) is 66.7 Å². The average molecular weight is 509 g/mol. The molecule has 1 saturated carbocycles. The zero-order valence-corrected chi connectivity index (χ0v) is 20.6. The number of rotatable bonds is 6. The maximum atomic E-state index is 13.5. The zero-order chi connectivity index (χ0) is 26.4. The highest BCUT2D eigenvalue weighted by molar-refractivity contribution is 6.01. The molecule has 0 aromatic heterocycles. The Bertz CT molecular complexity index is 1350. The van der Waals surface area contributed by atoms with E-state index in [4.69, 9.17) is 4.74 Å². The number of carbonyl (C=O) groups is 2. The lowest BCUT2D eigenvalue weighted by Gasteiger charge is -2.23. The van der Waals surface area contributed by atoms with Crippen LogP contribution < -0.4 is 10.2 Å². The molecule has 3 aromatic rings. The lowest BCUT2D eigenvalue weighted by Crippen LogP contribution is -2.29. The number of methoxy groups -OCH3 is 1. The third kappa shape index (κ3) is 4.80. The molecule has 1 unspecified atom stereocenters. The predicted molar refractivity (Wildman–Crippen MR) is 134 cm³/mol. The summed E-state index contributed by atoms with van der Waals surface area (Å²) >= 11 is 0. The molecular formula is C29H27F3N2O3. The fourth-order valence-electron chi connectivity index (χ4n) is 5.19. The van der Waals surface area contributed by atoms with E-state index in [1.807, 2.05) is 24.0 Å². The van der Waals surface area contributed by atoms with Crippen LogP contribution in [0, 0.1) is 0 Å². The van der Waals surface area contributed by atoms with Crippen LogP contribution in [-0.2, 0) is 22.9 Å². The Kier molecular flexibility index (Phi) is 6.22. The molecule has 37 heavy (non-hydrogen) atoms. The Balaban J connectivity index is 1.40. The first kappa shape index (κ1) is 24.9. The Morgan fingerprint density at radius 1 is 1.05 bits per heavy atom. The van der Waals surface area contributed by atoms with Crippen molar-refractivity contribution in [2.45, 2.75) is 43.9 Å². The number of anilines is 1. The van der Waals surface area contributed by atoms with E-state index < -0.39 is 17.7 Å². The molecule has 0 saturated heterocycles. The second-order valence-electron chi connectivity index (χ2n) is 9.85. The van der Waals surface area contributed by atoms with E-state index in [0.29, 0.717) is 23.2 Å². The Labute approximate surface area is 213 Å². The van der Waals surface area contributed by atoms with E-state index in [1.165, 1.54) is 19.2 Å². The summed E-state index contributed by atoms with van der Waals surface area (Å²) in [6.45, 7) is 2.82. The predicted octanol–water partition coefficient (Wildman–Crippen LogP) is 6.03. The van der Waals surface area contributed by atoms with Crippen LogP contribution in [0.25, 0.3) is 0 Å². The number of nitrogens with zero attached hydrogens (tertiary/aromatic N) is 1. The van der Waals surface area contributed by atoms with Crippen molar-refractivity contribution in [1.82, 2.24) is 5.32 Å². The summed E-state index contributed by atoms with van der Waals surface area (Å²) in [6, 6.07) is 17.5. The smallest absolute Gasteiger partial charge is 0.416 e. The number of nitrogens with one attached hydrogen (secondary N) is 1. The van der Waals surface area contributed by atoms with Crippen LogP contribution in [0.1, 0.15) is 68.8 Å². The van der Waals surface area contributed by atoms with Crippen LogP contribution in [-0.4, -0.2) is 25.5 Å². The molecule has 0 bridgehead atoms. The van der Waals surface area contributed by atoms with E-state index in [-0.39, 0.29) is 23.9 Å². The summed E-state index contributed by atoms with van der Waals surface area (Å²) in [6.07, 6.45) is -2.42. The maximum absolute atomic E-state index is 13.5. The van der Waals surface area contributed by atoms with Crippen molar-refractivity contribution in [3.63, 3.8) is 0 Å². The van der Waals surface area contributed by atoms with E-state index in [1.54, 1.807) is 36.4 Å². The van der Waals surface area contributed by atoms with Gasteiger partial charge in [-0.2, -0.15) is 13.2 Å². The molecule has 0 radical (unpaired) electrons. The molecule has 1 amide bonds. The summed E-state index contributed by atoms with van der Waals surface area (Å²) in [4.78, 5) is 27.2. The third-order valence-corrected chi connectivity index (χ3v) is 7.32. The number of halogens is 3. The lowest BCUT2D eigenvalue weighted by atomic mass is 9.96. The van der Waals surface area contributed by atoms with Crippen molar-refractivity contribution >= 4 is 17.6 Å². The Hall–Kier alpha value is -3.81. The standard InChI is InChI=1S/C29H27F3N2O3/c1-18(20-9-11-21(12-10-20)27(36)37-2)33-26(35)23-7-4-8-24-25(23)34(17-28(24)13-14-28)16-19-5-3-6-22(15-19)29(30,31)32/h3-12,15,18H,13-14,16-17H2,1-2H3,(H,33,35). The minimum atomic E-state index is -4.41. The van der Waals surface area contributed by atoms with Crippen LogP contribution in [0.2, 0.25) is 0 Å². The zero-order valence-electron chi connectivity index (χ0n) is 20.6. The van der Waals surface area contributed by atoms with Crippen LogP contribution in [0.4, 0.5) is 18.9 Å². The highest BCUT2D eigenvalue weighted by Crippen LogP contribution is 2.57. The number of amides is 1. The first-order valence-corrected chi connectivity index (χ1v) is 12.1.